The molecule has 1 aliphatic heterocycles. The fraction of sp³-hybridized carbons (Fsp3) is 0.571. The highest BCUT2D eigenvalue weighted by Crippen LogP contribution is 2.31. The van der Waals surface area contributed by atoms with Crippen molar-refractivity contribution in [1.29, 1.82) is 0 Å². The van der Waals surface area contributed by atoms with Crippen molar-refractivity contribution in [3.8, 4) is 0 Å². The summed E-state index contributed by atoms with van der Waals surface area (Å²) in [6.45, 7) is 1.53. The third-order valence-corrected chi connectivity index (χ3v) is 5.47. The lowest BCUT2D eigenvalue weighted by molar-refractivity contribution is -0.148. The molecule has 0 radical (unpaired) electrons. The van der Waals surface area contributed by atoms with Gasteiger partial charge in [-0.25, -0.2) is 0 Å². The monoisotopic (exact) mass is 372 g/mol. The van der Waals surface area contributed by atoms with Crippen molar-refractivity contribution >= 4 is 29.2 Å². The average Bonchev–Trinajstić information content (AvgIpc) is 2.79. The molecule has 6 nitrogen and oxygen atoms in total. The number of benzene rings is 1. The molecule has 1 unspecified atom stereocenters. The standard InChI is InChI=1S/C21H28N2O4/c1-15-13-19(24)22-17-9-5-6-10-18(17)23(15)20(25)14-27-21(26)12-11-16-7-3-2-4-8-16/h5-6,9-10,15-16H,2-4,7-8,11-14H2,1H3,(H,22,24). The van der Waals surface area contributed by atoms with Gasteiger partial charge >= 0.3 is 5.97 Å². The maximum absolute atomic E-state index is 12.8. The molecule has 1 aromatic carbocycles. The lowest BCUT2D eigenvalue weighted by Gasteiger charge is -2.27. The van der Waals surface area contributed by atoms with Crippen LogP contribution in [0.15, 0.2) is 24.3 Å². The molecule has 27 heavy (non-hydrogen) atoms. The first-order chi connectivity index (χ1) is 13.0. The summed E-state index contributed by atoms with van der Waals surface area (Å²) in [5.74, 6) is -0.150. The van der Waals surface area contributed by atoms with Gasteiger partial charge in [-0.05, 0) is 31.4 Å². The molecule has 6 heteroatoms. The molecule has 1 saturated carbocycles. The number of carbonyl (C=O) groups is 3. The maximum Gasteiger partial charge on any atom is 0.306 e. The van der Waals surface area contributed by atoms with Crippen molar-refractivity contribution in [1.82, 2.24) is 0 Å². The minimum atomic E-state index is -0.320. The Bertz CT molecular complexity index is 697. The molecule has 3 rings (SSSR count). The summed E-state index contributed by atoms with van der Waals surface area (Å²) in [6, 6.07) is 6.88. The van der Waals surface area contributed by atoms with Crippen LogP contribution in [0, 0.1) is 5.92 Å². The van der Waals surface area contributed by atoms with Crippen molar-refractivity contribution in [3.05, 3.63) is 24.3 Å². The number of amides is 2. The first-order valence-corrected chi connectivity index (χ1v) is 9.91. The zero-order valence-electron chi connectivity index (χ0n) is 15.9. The molecular formula is C21H28N2O4. The number of rotatable bonds is 5. The Hall–Kier alpha value is -2.37. The number of fused-ring (bicyclic) bond motifs is 1. The summed E-state index contributed by atoms with van der Waals surface area (Å²) in [5, 5.41) is 2.82. The van der Waals surface area contributed by atoms with Crippen LogP contribution in [0.25, 0.3) is 0 Å². The van der Waals surface area contributed by atoms with Gasteiger partial charge in [0, 0.05) is 18.9 Å². The van der Waals surface area contributed by atoms with E-state index in [4.69, 9.17) is 4.74 Å². The van der Waals surface area contributed by atoms with Gasteiger partial charge in [-0.2, -0.15) is 0 Å². The minimum Gasteiger partial charge on any atom is -0.456 e. The molecule has 0 bridgehead atoms. The number of hydrogen-bond donors (Lipinski definition) is 1. The summed E-state index contributed by atoms with van der Waals surface area (Å²) in [4.78, 5) is 38.4. The molecule has 1 fully saturated rings. The van der Waals surface area contributed by atoms with Gasteiger partial charge in [0.1, 0.15) is 0 Å². The van der Waals surface area contributed by atoms with E-state index in [1.807, 2.05) is 19.1 Å². The van der Waals surface area contributed by atoms with Crippen molar-refractivity contribution in [2.45, 2.75) is 64.3 Å². The molecule has 1 aliphatic carbocycles. The van der Waals surface area contributed by atoms with Crippen LogP contribution in [0.4, 0.5) is 11.4 Å². The molecule has 2 amide bonds. The van der Waals surface area contributed by atoms with Crippen molar-refractivity contribution in [2.75, 3.05) is 16.8 Å². The second kappa shape index (κ2) is 9.02. The fourth-order valence-electron chi connectivity index (χ4n) is 4.05. The van der Waals surface area contributed by atoms with Crippen LogP contribution in [-0.4, -0.2) is 30.4 Å². The molecule has 1 atom stereocenters. The number of nitrogens with zero attached hydrogens (tertiary/aromatic N) is 1. The highest BCUT2D eigenvalue weighted by Gasteiger charge is 2.30. The molecule has 146 valence electrons. The molecule has 0 aromatic heterocycles. The van der Waals surface area contributed by atoms with Crippen LogP contribution >= 0.6 is 0 Å². The summed E-state index contributed by atoms with van der Waals surface area (Å²) >= 11 is 0. The minimum absolute atomic E-state index is 0.130. The Balaban J connectivity index is 1.56. The summed E-state index contributed by atoms with van der Waals surface area (Å²) < 4.78 is 5.24. The predicted molar refractivity (Wildman–Crippen MR) is 103 cm³/mol. The van der Waals surface area contributed by atoms with E-state index in [-0.39, 0.29) is 36.9 Å². The summed E-state index contributed by atoms with van der Waals surface area (Å²) in [6.07, 6.45) is 7.58. The lowest BCUT2D eigenvalue weighted by atomic mass is 9.86. The molecule has 0 saturated heterocycles. The Labute approximate surface area is 160 Å². The largest absolute Gasteiger partial charge is 0.456 e. The molecule has 2 aliphatic rings. The molecule has 1 heterocycles. The van der Waals surface area contributed by atoms with Crippen LogP contribution in [0.2, 0.25) is 0 Å². The van der Waals surface area contributed by atoms with E-state index in [1.54, 1.807) is 17.0 Å². The predicted octanol–water partition coefficient (Wildman–Crippen LogP) is 3.65. The second-order valence-corrected chi connectivity index (χ2v) is 7.59. The number of anilines is 2. The third kappa shape index (κ3) is 5.08. The summed E-state index contributed by atoms with van der Waals surface area (Å²) in [5.41, 5.74) is 1.24. The van der Waals surface area contributed by atoms with Gasteiger partial charge in [0.15, 0.2) is 6.61 Å². The van der Waals surface area contributed by atoms with Gasteiger partial charge < -0.3 is 15.0 Å². The Kier molecular flexibility index (Phi) is 6.48. The van der Waals surface area contributed by atoms with Gasteiger partial charge in [0.05, 0.1) is 11.4 Å². The Morgan fingerprint density at radius 2 is 1.93 bits per heavy atom. The van der Waals surface area contributed by atoms with Gasteiger partial charge in [0.25, 0.3) is 5.91 Å². The molecule has 0 spiro atoms. The Morgan fingerprint density at radius 3 is 2.70 bits per heavy atom. The third-order valence-electron chi connectivity index (χ3n) is 5.47. The Morgan fingerprint density at radius 1 is 1.19 bits per heavy atom. The number of esters is 1. The van der Waals surface area contributed by atoms with Crippen LogP contribution in [-0.2, 0) is 19.1 Å². The first kappa shape index (κ1) is 19.4. The number of hydrogen-bond acceptors (Lipinski definition) is 4. The zero-order chi connectivity index (χ0) is 19.2. The quantitative estimate of drug-likeness (QED) is 0.801. The fourth-order valence-corrected chi connectivity index (χ4v) is 4.05. The summed E-state index contributed by atoms with van der Waals surface area (Å²) in [7, 11) is 0. The van der Waals surface area contributed by atoms with E-state index >= 15 is 0 Å². The number of ether oxygens (including phenoxy) is 1. The maximum atomic E-state index is 12.8. The van der Waals surface area contributed by atoms with Crippen molar-refractivity contribution in [2.24, 2.45) is 5.92 Å². The lowest BCUT2D eigenvalue weighted by Crippen LogP contribution is -2.41. The van der Waals surface area contributed by atoms with Crippen LogP contribution in [0.5, 0.6) is 0 Å². The highest BCUT2D eigenvalue weighted by atomic mass is 16.5. The number of para-hydroxylation sites is 2. The topological polar surface area (TPSA) is 75.7 Å². The normalized spacial score (nSPS) is 20.4. The first-order valence-electron chi connectivity index (χ1n) is 9.91. The van der Waals surface area contributed by atoms with Crippen LogP contribution in [0.1, 0.15) is 58.3 Å². The van der Waals surface area contributed by atoms with E-state index in [0.717, 1.165) is 6.42 Å². The van der Waals surface area contributed by atoms with Gasteiger partial charge in [-0.3, -0.25) is 14.4 Å². The van der Waals surface area contributed by atoms with E-state index in [9.17, 15) is 14.4 Å². The second-order valence-electron chi connectivity index (χ2n) is 7.59. The number of nitrogens with one attached hydrogen (secondary N) is 1. The smallest absolute Gasteiger partial charge is 0.306 e. The van der Waals surface area contributed by atoms with Gasteiger partial charge in [-0.15, -0.1) is 0 Å². The van der Waals surface area contributed by atoms with E-state index in [1.165, 1.54) is 32.1 Å². The highest BCUT2D eigenvalue weighted by molar-refractivity contribution is 6.05. The van der Waals surface area contributed by atoms with Gasteiger partial charge in [-0.1, -0.05) is 44.2 Å². The van der Waals surface area contributed by atoms with E-state index < -0.39 is 0 Å². The van der Waals surface area contributed by atoms with Crippen molar-refractivity contribution < 1.29 is 19.1 Å². The average molecular weight is 372 g/mol. The molecule has 1 N–H and O–H groups in total. The van der Waals surface area contributed by atoms with Gasteiger partial charge in [0.2, 0.25) is 5.91 Å². The molecule has 1 aromatic rings. The SMILES string of the molecule is CC1CC(=O)Nc2ccccc2N1C(=O)COC(=O)CCC1CCCCC1. The van der Waals surface area contributed by atoms with E-state index in [2.05, 4.69) is 5.32 Å². The number of carbonyl (C=O) groups excluding carboxylic acids is 3. The molecular weight excluding hydrogens is 344 g/mol. The van der Waals surface area contributed by atoms with E-state index in [0.29, 0.717) is 23.7 Å². The van der Waals surface area contributed by atoms with Crippen LogP contribution in [0.3, 0.4) is 0 Å². The van der Waals surface area contributed by atoms with Crippen LogP contribution < -0.4 is 10.2 Å². The van der Waals surface area contributed by atoms with Crippen molar-refractivity contribution in [3.63, 3.8) is 0 Å². The zero-order valence-corrected chi connectivity index (χ0v) is 15.9.